The summed E-state index contributed by atoms with van der Waals surface area (Å²) in [6.07, 6.45) is -0.420. The molecule has 11 rings (SSSR count). The quantitative estimate of drug-likeness (QED) is 0.0414. The number of likely N-dealkylation sites (tertiary alicyclic amines) is 6. The number of rotatable bonds is 11. The smallest absolute Gasteiger partial charge is 0.411 e. The molecule has 8 fully saturated rings. The van der Waals surface area contributed by atoms with E-state index in [1.54, 1.807) is 82.5 Å². The van der Waals surface area contributed by atoms with E-state index in [4.69, 9.17) is 59.8 Å². The number of aryl methyl sites for hydroxylation is 1. The Morgan fingerprint density at radius 3 is 1.10 bits per heavy atom. The monoisotopic (exact) mass is 1660 g/mol. The van der Waals surface area contributed by atoms with E-state index in [-0.39, 0.29) is 79.4 Å². The first-order valence-corrected chi connectivity index (χ1v) is 39.4. The molecule has 0 radical (unpaired) electrons. The minimum absolute atomic E-state index is 0.0172. The Morgan fingerprint density at radius 1 is 0.475 bits per heavy atom. The number of methoxy groups -OCH3 is 6. The summed E-state index contributed by atoms with van der Waals surface area (Å²) in [6.45, 7) is 40.8. The summed E-state index contributed by atoms with van der Waals surface area (Å²) in [6, 6.07) is 21.2. The van der Waals surface area contributed by atoms with Gasteiger partial charge in [-0.25, -0.2) is 35.3 Å². The van der Waals surface area contributed by atoms with E-state index in [1.807, 2.05) is 121 Å². The number of carboxylic acid groups (broad SMARTS) is 1. The van der Waals surface area contributed by atoms with E-state index in [1.165, 1.54) is 36.7 Å². The van der Waals surface area contributed by atoms with Gasteiger partial charge in [-0.15, -0.1) is 0 Å². The summed E-state index contributed by atoms with van der Waals surface area (Å²) >= 11 is 0. The molecule has 3 aromatic rings. The van der Waals surface area contributed by atoms with Gasteiger partial charge in [-0.3, -0.25) is 49.4 Å². The Labute approximate surface area is 694 Å². The molecule has 0 bridgehead atoms. The van der Waals surface area contributed by atoms with Gasteiger partial charge in [0, 0.05) is 65.1 Å². The van der Waals surface area contributed by atoms with Crippen LogP contribution in [0.5, 0.6) is 17.2 Å². The van der Waals surface area contributed by atoms with Gasteiger partial charge < -0.3 is 88.2 Å². The largest absolute Gasteiger partial charge is 0.497 e. The van der Waals surface area contributed by atoms with Gasteiger partial charge in [0.15, 0.2) is 0 Å². The summed E-state index contributed by atoms with van der Waals surface area (Å²) in [7, 11) is 8.85. The number of nitrogens with two attached hydrogens (primary N) is 1. The highest BCUT2D eigenvalue weighted by molar-refractivity contribution is 5.97. The fraction of sp³-hybridized carbons (Fsp3) is 0.655. The van der Waals surface area contributed by atoms with Crippen molar-refractivity contribution in [3.8, 4) is 17.2 Å². The van der Waals surface area contributed by atoms with Crippen LogP contribution in [0.3, 0.4) is 0 Å². The molecule has 660 valence electrons. The lowest BCUT2D eigenvalue weighted by atomic mass is 9.83. The van der Waals surface area contributed by atoms with Gasteiger partial charge in [0.05, 0.1) is 80.6 Å². The van der Waals surface area contributed by atoms with Crippen LogP contribution in [0.1, 0.15) is 159 Å². The molecule has 8 heterocycles. The van der Waals surface area contributed by atoms with Crippen LogP contribution in [0.15, 0.2) is 72.8 Å². The average Bonchev–Trinajstić information content (AvgIpc) is 1.53. The van der Waals surface area contributed by atoms with Gasteiger partial charge in [0.25, 0.3) is 18.5 Å². The molecular weight excluding hydrogens is 1530 g/mol. The molecule has 3 aromatic carbocycles. The second kappa shape index (κ2) is 44.9. The molecule has 8 saturated heterocycles. The van der Waals surface area contributed by atoms with E-state index in [0.29, 0.717) is 91.0 Å². The van der Waals surface area contributed by atoms with Crippen LogP contribution in [0.25, 0.3) is 4.85 Å². The number of carboxylic acids is 1. The third-order valence-corrected chi connectivity index (χ3v) is 19.3. The Bertz CT molecular complexity index is 3640. The number of hydrogen-bond acceptors (Lipinski definition) is 26. The molecule has 2 unspecified atom stereocenters. The lowest BCUT2D eigenvalue weighted by Gasteiger charge is -2.51. The van der Waals surface area contributed by atoms with Gasteiger partial charge in [0.1, 0.15) is 74.9 Å². The number of nitrogens with one attached hydrogen (secondary N) is 2. The topological polar surface area (TPSA) is 418 Å². The molecule has 2 spiro atoms. The van der Waals surface area contributed by atoms with Gasteiger partial charge >= 0.3 is 48.3 Å². The van der Waals surface area contributed by atoms with Crippen molar-refractivity contribution < 1.29 is 116 Å². The second-order valence-corrected chi connectivity index (χ2v) is 34.4. The van der Waals surface area contributed by atoms with Crippen molar-refractivity contribution in [2.24, 2.45) is 23.5 Å². The summed E-state index contributed by atoms with van der Waals surface area (Å²) in [5.74, 6) is 1.31. The number of hydrogen-bond donors (Lipinski definition) is 7. The van der Waals surface area contributed by atoms with Crippen molar-refractivity contribution in [1.82, 2.24) is 40.0 Å². The lowest BCUT2D eigenvalue weighted by molar-refractivity contribution is -0.162. The molecule has 8 aliphatic rings. The first-order valence-electron chi connectivity index (χ1n) is 39.4. The summed E-state index contributed by atoms with van der Waals surface area (Å²) < 4.78 is 50.6. The van der Waals surface area contributed by atoms with E-state index in [9.17, 15) is 53.1 Å². The van der Waals surface area contributed by atoms with E-state index >= 15 is 0 Å². The number of nitrogens with zero attached hydrogens (tertiary/aromatic N) is 7. The summed E-state index contributed by atoms with van der Waals surface area (Å²) in [4.78, 5) is 131. The fourth-order valence-corrected chi connectivity index (χ4v) is 14.0. The van der Waals surface area contributed by atoms with Crippen LogP contribution in [0.2, 0.25) is 0 Å². The van der Waals surface area contributed by atoms with E-state index < -0.39 is 94.0 Å². The number of aliphatic hydroxyl groups is 3. The predicted octanol–water partition coefficient (Wildman–Crippen LogP) is 7.94. The Kier molecular flexibility index (Phi) is 38.2. The van der Waals surface area contributed by atoms with Gasteiger partial charge in [-0.05, 0) is 175 Å². The number of β-amino-alcohol motifs (C(OH)–C–C–N with tert-alkyl or cyclic N) is 3. The minimum atomic E-state index is -0.883. The maximum atomic E-state index is 13.0. The van der Waals surface area contributed by atoms with Gasteiger partial charge in [-0.2, -0.15) is 0 Å². The zero-order valence-corrected chi connectivity index (χ0v) is 72.9. The standard InChI is InChI=1S/2C20H28N2O4.C12H21NO4.C11H19NO5.C8H10O.C6H11NO3.C5H9NO3.C2H4N2/c2*1-14-10-20(22(11-14)18(24)26-19(2,3)4)13-21(17(20)23)12-15-6-8-16(25-5)9-7-15;1-8-6-9(10(14)16-5)13(7-8)11(15)17-12(2,3)4;1-11(2,3)17-10(15)12-6-7(13)5-8(12)9(14)16-4;1-7-3-5-8(9-2)6-4-7;1-10-6(9)5-2-4(8)3-7-5;7-3-1-4(5(8)9)6-2-3;1-4-2-3/h2*6-9,14H,10-13H2,1-5H3;8-9H,6-7H2,1-5H3;7-8,13H,5-6H2,1-4H3;3-6H,1-2H3;4-5,7-8H,2-3H2,1H3;3-4,6-7H,1-2H2,(H,8,9);2-3H2/t2*14-,20?;8-,9+;7-,8+;;4-,5+;3-,4+;/m1111.11./s1. The minimum Gasteiger partial charge on any atom is -0.497 e. The first kappa shape index (κ1) is 101. The molecule has 12 atom stereocenters. The zero-order valence-electron chi connectivity index (χ0n) is 72.9. The molecule has 34 nitrogen and oxygen atoms in total. The molecule has 0 saturated carbocycles. The maximum absolute atomic E-state index is 13.0. The number of amides is 6. The molecular formula is C84H130N10O24. The van der Waals surface area contributed by atoms with E-state index in [2.05, 4.69) is 51.5 Å². The van der Waals surface area contributed by atoms with Crippen molar-refractivity contribution in [2.45, 2.75) is 238 Å². The molecule has 6 amide bonds. The van der Waals surface area contributed by atoms with Crippen LogP contribution in [-0.2, 0) is 75.0 Å². The predicted molar refractivity (Wildman–Crippen MR) is 435 cm³/mol. The Balaban J connectivity index is 0.000000298. The van der Waals surface area contributed by atoms with Crippen molar-refractivity contribution >= 4 is 60.1 Å². The highest BCUT2D eigenvalue weighted by atomic mass is 16.6. The number of benzene rings is 3. The zero-order chi connectivity index (χ0) is 89.2. The van der Waals surface area contributed by atoms with Crippen molar-refractivity contribution in [3.63, 3.8) is 0 Å². The van der Waals surface area contributed by atoms with Crippen LogP contribution in [0, 0.1) is 31.2 Å². The highest BCUT2D eigenvalue weighted by Crippen LogP contribution is 2.45. The first-order chi connectivity index (χ1) is 54.9. The third-order valence-electron chi connectivity index (χ3n) is 19.3. The number of carbonyl (C=O) groups is 10. The number of ether oxygens (including phenoxy) is 10. The second-order valence-electron chi connectivity index (χ2n) is 34.4. The van der Waals surface area contributed by atoms with E-state index in [0.717, 1.165) is 28.4 Å². The molecule has 34 heteroatoms. The van der Waals surface area contributed by atoms with Crippen LogP contribution >= 0.6 is 0 Å². The Hall–Kier alpha value is -9.79. The SMILES string of the molecule is COC(=O)[C@@H]1C[C@@H](C)CN1C(=O)OC(C)(C)C.COC(=O)[C@@H]1C[C@@H](O)CN1.COC(=O)[C@@H]1C[C@@H](O)CN1C(=O)OC(C)(C)C.COc1ccc(C)cc1.COc1ccc(CN2CC3(C[C@@H](C)CN3C(=O)OC(C)(C)C)C2=O)cc1.COc1ccc(CN2CC3(C[C@@H](C)CN3C(=O)OC(C)(C)C)C2=O)cc1.O=C(O)[C@@H]1C[C@@H](O)CN1.[C-]#[N+]CN. The van der Waals surface area contributed by atoms with Crippen LogP contribution in [-0.4, -0.2) is 288 Å². The average molecular weight is 1660 g/mol. The van der Waals surface area contributed by atoms with Gasteiger partial charge in [0.2, 0.25) is 0 Å². The molecule has 0 aromatic heterocycles. The van der Waals surface area contributed by atoms with Crippen molar-refractivity contribution in [3.05, 3.63) is 101 Å². The number of aliphatic carboxylic acids is 1. The molecule has 0 aliphatic carbocycles. The molecule has 118 heavy (non-hydrogen) atoms. The number of esters is 3. The summed E-state index contributed by atoms with van der Waals surface area (Å²) in [5.41, 5.74) is 4.24. The van der Waals surface area contributed by atoms with Crippen molar-refractivity contribution in [2.75, 3.05) is 102 Å². The third kappa shape index (κ3) is 30.9. The van der Waals surface area contributed by atoms with Crippen LogP contribution < -0.4 is 30.6 Å². The normalized spacial score (nSPS) is 24.6. The van der Waals surface area contributed by atoms with Crippen LogP contribution in [0.4, 0.5) is 19.2 Å². The maximum Gasteiger partial charge on any atom is 0.411 e. The fourth-order valence-electron chi connectivity index (χ4n) is 14.0. The number of carbonyl (C=O) groups excluding carboxylic acids is 9. The van der Waals surface area contributed by atoms with Gasteiger partial charge in [-0.1, -0.05) is 62.7 Å². The number of aliphatic hydroxyl groups excluding tert-OH is 3. The number of β-lactam (4-membered cyclic amide) rings is 2. The Morgan fingerprint density at radius 2 is 0.805 bits per heavy atom. The summed E-state index contributed by atoms with van der Waals surface area (Å²) in [5, 5.41) is 41.1. The van der Waals surface area contributed by atoms with Crippen molar-refractivity contribution in [1.29, 1.82) is 0 Å². The lowest BCUT2D eigenvalue weighted by Crippen LogP contribution is -2.72. The highest BCUT2D eigenvalue weighted by Gasteiger charge is 2.63. The molecule has 8 aliphatic heterocycles. The molecule has 8 N–H and O–H groups in total.